The first kappa shape index (κ1) is 21.2. The highest BCUT2D eigenvalue weighted by atomic mass is 32.2. The molecule has 2 aromatic carbocycles. The fourth-order valence-electron chi connectivity index (χ4n) is 3.52. The SMILES string of the molecule is CCc1ccc(S(=O)(=O)NCCCn2c(-c3ccc(C)cc3)nc3cccnc32)cc1. The molecular formula is C24H26N4O2S. The van der Waals surface area contributed by atoms with Crippen molar-refractivity contribution in [2.75, 3.05) is 6.54 Å². The number of nitrogens with one attached hydrogen (secondary N) is 1. The third-order valence-electron chi connectivity index (χ3n) is 5.31. The molecule has 0 amide bonds. The van der Waals surface area contributed by atoms with Gasteiger partial charge in [0.1, 0.15) is 11.3 Å². The summed E-state index contributed by atoms with van der Waals surface area (Å²) in [6.45, 7) is 5.03. The van der Waals surface area contributed by atoms with Gasteiger partial charge >= 0.3 is 0 Å². The lowest BCUT2D eigenvalue weighted by atomic mass is 10.1. The number of benzene rings is 2. The molecule has 0 aliphatic heterocycles. The predicted octanol–water partition coefficient (Wildman–Crippen LogP) is 4.34. The molecule has 2 aromatic heterocycles. The Balaban J connectivity index is 1.50. The summed E-state index contributed by atoms with van der Waals surface area (Å²) in [5.41, 5.74) is 4.94. The van der Waals surface area contributed by atoms with E-state index in [2.05, 4.69) is 45.5 Å². The van der Waals surface area contributed by atoms with E-state index in [1.165, 1.54) is 5.56 Å². The highest BCUT2D eigenvalue weighted by molar-refractivity contribution is 7.89. The highest BCUT2D eigenvalue weighted by Crippen LogP contribution is 2.24. The lowest BCUT2D eigenvalue weighted by molar-refractivity contribution is 0.572. The molecule has 0 fully saturated rings. The summed E-state index contributed by atoms with van der Waals surface area (Å²) in [7, 11) is -3.53. The quantitative estimate of drug-likeness (QED) is 0.419. The molecule has 0 aliphatic carbocycles. The lowest BCUT2D eigenvalue weighted by Gasteiger charge is -2.11. The van der Waals surface area contributed by atoms with E-state index in [0.717, 1.165) is 34.5 Å². The zero-order valence-electron chi connectivity index (χ0n) is 17.7. The van der Waals surface area contributed by atoms with Crippen LogP contribution in [-0.4, -0.2) is 29.5 Å². The van der Waals surface area contributed by atoms with Crippen LogP contribution in [-0.2, 0) is 23.0 Å². The first-order valence-electron chi connectivity index (χ1n) is 10.4. The second-order valence-corrected chi connectivity index (χ2v) is 9.31. The van der Waals surface area contributed by atoms with Gasteiger partial charge < -0.3 is 4.57 Å². The molecule has 0 radical (unpaired) electrons. The summed E-state index contributed by atoms with van der Waals surface area (Å²) in [5.74, 6) is 0.840. The van der Waals surface area contributed by atoms with E-state index in [4.69, 9.17) is 4.98 Å². The third-order valence-corrected chi connectivity index (χ3v) is 6.78. The minimum absolute atomic E-state index is 0.291. The van der Waals surface area contributed by atoms with Crippen molar-refractivity contribution in [3.8, 4) is 11.4 Å². The van der Waals surface area contributed by atoms with Gasteiger partial charge in [0.25, 0.3) is 0 Å². The number of nitrogens with zero attached hydrogens (tertiary/aromatic N) is 3. The molecule has 4 rings (SSSR count). The molecule has 0 saturated carbocycles. The van der Waals surface area contributed by atoms with Crippen LogP contribution in [0, 0.1) is 6.92 Å². The van der Waals surface area contributed by atoms with Crippen LogP contribution in [0.4, 0.5) is 0 Å². The fraction of sp³-hybridized carbons (Fsp3) is 0.250. The van der Waals surface area contributed by atoms with E-state index in [1.54, 1.807) is 18.3 Å². The normalized spacial score (nSPS) is 11.8. The summed E-state index contributed by atoms with van der Waals surface area (Å²) in [5, 5.41) is 0. The van der Waals surface area contributed by atoms with E-state index in [1.807, 2.05) is 31.2 Å². The summed E-state index contributed by atoms with van der Waals surface area (Å²) in [6.07, 6.45) is 3.25. The van der Waals surface area contributed by atoms with Crippen molar-refractivity contribution < 1.29 is 8.42 Å². The summed E-state index contributed by atoms with van der Waals surface area (Å²) >= 11 is 0. The molecule has 4 aromatic rings. The second-order valence-electron chi connectivity index (χ2n) is 7.55. The van der Waals surface area contributed by atoms with Crippen molar-refractivity contribution in [1.29, 1.82) is 0 Å². The van der Waals surface area contributed by atoms with Gasteiger partial charge in [-0.3, -0.25) is 0 Å². The predicted molar refractivity (Wildman–Crippen MR) is 123 cm³/mol. The van der Waals surface area contributed by atoms with E-state index in [0.29, 0.717) is 24.4 Å². The average molecular weight is 435 g/mol. The lowest BCUT2D eigenvalue weighted by Crippen LogP contribution is -2.25. The highest BCUT2D eigenvalue weighted by Gasteiger charge is 2.15. The Morgan fingerprint density at radius 3 is 2.45 bits per heavy atom. The minimum atomic E-state index is -3.53. The third kappa shape index (κ3) is 4.68. The molecule has 0 saturated heterocycles. The van der Waals surface area contributed by atoms with Gasteiger partial charge in [-0.25, -0.2) is 23.1 Å². The Kier molecular flexibility index (Phi) is 6.15. The molecule has 0 spiro atoms. The van der Waals surface area contributed by atoms with Crippen LogP contribution in [0.2, 0.25) is 0 Å². The van der Waals surface area contributed by atoms with Gasteiger partial charge in [-0.1, -0.05) is 48.9 Å². The smallest absolute Gasteiger partial charge is 0.240 e. The number of fused-ring (bicyclic) bond motifs is 1. The number of pyridine rings is 1. The summed E-state index contributed by atoms with van der Waals surface area (Å²) in [6, 6.07) is 19.1. The van der Waals surface area contributed by atoms with Crippen LogP contribution in [0.15, 0.2) is 71.8 Å². The van der Waals surface area contributed by atoms with E-state index < -0.39 is 10.0 Å². The molecule has 7 heteroatoms. The van der Waals surface area contributed by atoms with Crippen LogP contribution in [0.1, 0.15) is 24.5 Å². The first-order chi connectivity index (χ1) is 15.0. The van der Waals surface area contributed by atoms with Crippen LogP contribution < -0.4 is 4.72 Å². The topological polar surface area (TPSA) is 76.9 Å². The van der Waals surface area contributed by atoms with Gasteiger partial charge in [0.05, 0.1) is 4.90 Å². The maximum atomic E-state index is 12.6. The molecule has 160 valence electrons. The average Bonchev–Trinajstić information content (AvgIpc) is 3.16. The standard InChI is InChI=1S/C24H26N4O2S/c1-3-19-9-13-21(14-10-19)31(29,30)26-16-5-17-28-23(20-11-7-18(2)8-12-20)27-22-6-4-15-25-24(22)28/h4,6-15,26H,3,5,16-17H2,1-2H3. The van der Waals surface area contributed by atoms with Crippen LogP contribution in [0.3, 0.4) is 0 Å². The monoisotopic (exact) mass is 434 g/mol. The van der Waals surface area contributed by atoms with Gasteiger partial charge in [-0.2, -0.15) is 0 Å². The van der Waals surface area contributed by atoms with Gasteiger partial charge in [-0.05, 0) is 49.6 Å². The molecule has 31 heavy (non-hydrogen) atoms. The van der Waals surface area contributed by atoms with Gasteiger partial charge in [0.15, 0.2) is 5.65 Å². The molecular weight excluding hydrogens is 408 g/mol. The molecule has 2 heterocycles. The van der Waals surface area contributed by atoms with E-state index >= 15 is 0 Å². The van der Waals surface area contributed by atoms with Crippen molar-refractivity contribution in [3.63, 3.8) is 0 Å². The van der Waals surface area contributed by atoms with Crippen LogP contribution in [0.5, 0.6) is 0 Å². The van der Waals surface area contributed by atoms with Crippen LogP contribution in [0.25, 0.3) is 22.6 Å². The van der Waals surface area contributed by atoms with Crippen molar-refractivity contribution in [2.45, 2.75) is 38.1 Å². The van der Waals surface area contributed by atoms with Crippen molar-refractivity contribution in [3.05, 3.63) is 78.0 Å². The Hall–Kier alpha value is -3.03. The zero-order chi connectivity index (χ0) is 21.8. The minimum Gasteiger partial charge on any atom is -0.309 e. The molecule has 0 unspecified atom stereocenters. The van der Waals surface area contributed by atoms with Crippen molar-refractivity contribution in [2.24, 2.45) is 0 Å². The van der Waals surface area contributed by atoms with Crippen molar-refractivity contribution in [1.82, 2.24) is 19.3 Å². The Bertz CT molecular complexity index is 1280. The summed E-state index contributed by atoms with van der Waals surface area (Å²) in [4.78, 5) is 9.56. The molecule has 1 N–H and O–H groups in total. The molecule has 0 aliphatic rings. The Morgan fingerprint density at radius 2 is 1.74 bits per heavy atom. The Labute approximate surface area is 183 Å². The zero-order valence-corrected chi connectivity index (χ0v) is 18.6. The van der Waals surface area contributed by atoms with E-state index in [-0.39, 0.29) is 0 Å². The molecule has 0 atom stereocenters. The Morgan fingerprint density at radius 1 is 1.00 bits per heavy atom. The number of aryl methyl sites for hydroxylation is 3. The van der Waals surface area contributed by atoms with Gasteiger partial charge in [0, 0.05) is 24.8 Å². The van der Waals surface area contributed by atoms with Gasteiger partial charge in [0.2, 0.25) is 10.0 Å². The number of sulfonamides is 1. The van der Waals surface area contributed by atoms with Gasteiger partial charge in [-0.15, -0.1) is 0 Å². The molecule has 0 bridgehead atoms. The van der Waals surface area contributed by atoms with Crippen molar-refractivity contribution >= 4 is 21.2 Å². The summed E-state index contributed by atoms with van der Waals surface area (Å²) < 4.78 is 29.9. The van der Waals surface area contributed by atoms with E-state index in [9.17, 15) is 8.42 Å². The maximum absolute atomic E-state index is 12.6. The largest absolute Gasteiger partial charge is 0.309 e. The number of imidazole rings is 1. The number of rotatable bonds is 8. The first-order valence-corrected chi connectivity index (χ1v) is 11.9. The number of hydrogen-bond acceptors (Lipinski definition) is 4. The maximum Gasteiger partial charge on any atom is 0.240 e. The fourth-order valence-corrected chi connectivity index (χ4v) is 4.60. The number of hydrogen-bond donors (Lipinski definition) is 1. The number of aromatic nitrogens is 3. The van der Waals surface area contributed by atoms with Crippen LogP contribution >= 0.6 is 0 Å². The molecule has 6 nitrogen and oxygen atoms in total. The second kappa shape index (κ2) is 8.99.